The van der Waals surface area contributed by atoms with Gasteiger partial charge in [-0.25, -0.2) is 8.42 Å². The van der Waals surface area contributed by atoms with Crippen molar-refractivity contribution >= 4 is 31.6 Å². The summed E-state index contributed by atoms with van der Waals surface area (Å²) in [4.78, 5) is 0. The highest BCUT2D eigenvalue weighted by atomic mass is 79.9. The van der Waals surface area contributed by atoms with Crippen LogP contribution in [0.4, 0.5) is 5.69 Å². The molecule has 4 nitrogen and oxygen atoms in total. The van der Waals surface area contributed by atoms with Crippen molar-refractivity contribution in [1.82, 2.24) is 0 Å². The van der Waals surface area contributed by atoms with Crippen LogP contribution < -0.4 is 4.72 Å². The molecule has 0 spiro atoms. The summed E-state index contributed by atoms with van der Waals surface area (Å²) in [5.74, 6) is -0.0334. The Bertz CT molecular complexity index is 471. The monoisotopic (exact) mass is 349 g/mol. The molecule has 0 atom stereocenters. The second-order valence-electron chi connectivity index (χ2n) is 4.48. The van der Waals surface area contributed by atoms with Gasteiger partial charge in [-0.1, -0.05) is 28.1 Å². The molecule has 0 aliphatic heterocycles. The fourth-order valence-corrected chi connectivity index (χ4v) is 2.84. The highest BCUT2D eigenvalue weighted by Gasteiger charge is 2.10. The van der Waals surface area contributed by atoms with Crippen LogP contribution in [0.15, 0.2) is 24.3 Å². The van der Waals surface area contributed by atoms with E-state index in [-0.39, 0.29) is 18.5 Å². The number of ether oxygens (including phenoxy) is 1. The molecule has 1 N–H and O–H groups in total. The van der Waals surface area contributed by atoms with E-state index in [2.05, 4.69) is 20.7 Å². The molecule has 6 heteroatoms. The molecule has 0 unspecified atom stereocenters. The maximum absolute atomic E-state index is 11.8. The molecule has 1 aromatic rings. The molecule has 0 fully saturated rings. The smallest absolute Gasteiger partial charge is 0.234 e. The summed E-state index contributed by atoms with van der Waals surface area (Å²) in [5.41, 5.74) is 1.76. The van der Waals surface area contributed by atoms with E-state index in [1.807, 2.05) is 26.0 Å². The van der Waals surface area contributed by atoms with Crippen molar-refractivity contribution < 1.29 is 13.2 Å². The quantitative estimate of drug-likeness (QED) is 0.734. The fraction of sp³-hybridized carbons (Fsp3) is 0.538. The largest absolute Gasteiger partial charge is 0.378 e. The van der Waals surface area contributed by atoms with E-state index >= 15 is 0 Å². The SMILES string of the molecule is CC(C)OCCS(=O)(=O)Nc1ccc(CCBr)cc1. The molecule has 0 aliphatic carbocycles. The van der Waals surface area contributed by atoms with Crippen LogP contribution in [0.3, 0.4) is 0 Å². The van der Waals surface area contributed by atoms with E-state index in [0.29, 0.717) is 5.69 Å². The molecule has 0 saturated carbocycles. The zero-order valence-corrected chi connectivity index (χ0v) is 13.6. The van der Waals surface area contributed by atoms with Gasteiger partial charge in [0.2, 0.25) is 10.0 Å². The molecular weight excluding hydrogens is 330 g/mol. The van der Waals surface area contributed by atoms with Crippen LogP contribution in [0.25, 0.3) is 0 Å². The molecule has 108 valence electrons. The number of nitrogens with one attached hydrogen (secondary N) is 1. The Morgan fingerprint density at radius 2 is 1.89 bits per heavy atom. The number of anilines is 1. The summed E-state index contributed by atoms with van der Waals surface area (Å²) in [5, 5.41) is 0.893. The Hall–Kier alpha value is -0.590. The first-order chi connectivity index (χ1) is 8.93. The molecule has 0 saturated heterocycles. The minimum atomic E-state index is -3.34. The van der Waals surface area contributed by atoms with Crippen LogP contribution >= 0.6 is 15.9 Å². The van der Waals surface area contributed by atoms with Crippen LogP contribution in [0.2, 0.25) is 0 Å². The predicted molar refractivity (Wildman–Crippen MR) is 82.4 cm³/mol. The van der Waals surface area contributed by atoms with Crippen LogP contribution in [0.5, 0.6) is 0 Å². The van der Waals surface area contributed by atoms with Crippen molar-refractivity contribution in [2.24, 2.45) is 0 Å². The van der Waals surface area contributed by atoms with Crippen molar-refractivity contribution in [3.63, 3.8) is 0 Å². The molecule has 19 heavy (non-hydrogen) atoms. The van der Waals surface area contributed by atoms with Crippen LogP contribution in [-0.4, -0.2) is 32.2 Å². The lowest BCUT2D eigenvalue weighted by Crippen LogP contribution is -2.21. The highest BCUT2D eigenvalue weighted by Crippen LogP contribution is 2.12. The molecule has 0 aromatic heterocycles. The Morgan fingerprint density at radius 1 is 1.26 bits per heavy atom. The topological polar surface area (TPSA) is 55.4 Å². The van der Waals surface area contributed by atoms with Crippen molar-refractivity contribution in [3.05, 3.63) is 29.8 Å². The summed E-state index contributed by atoms with van der Waals surface area (Å²) in [6, 6.07) is 7.39. The molecule has 0 radical (unpaired) electrons. The average molecular weight is 350 g/mol. The van der Waals surface area contributed by atoms with E-state index < -0.39 is 10.0 Å². The lowest BCUT2D eigenvalue weighted by molar-refractivity contribution is 0.0913. The number of hydrogen-bond acceptors (Lipinski definition) is 3. The summed E-state index contributed by atoms with van der Waals surface area (Å²) in [6.07, 6.45) is 0.966. The zero-order valence-electron chi connectivity index (χ0n) is 11.2. The fourth-order valence-electron chi connectivity index (χ4n) is 1.47. The van der Waals surface area contributed by atoms with Gasteiger partial charge in [0.05, 0.1) is 18.5 Å². The Morgan fingerprint density at radius 3 is 2.42 bits per heavy atom. The maximum atomic E-state index is 11.8. The first kappa shape index (κ1) is 16.5. The van der Waals surface area contributed by atoms with Gasteiger partial charge in [-0.15, -0.1) is 0 Å². The van der Waals surface area contributed by atoms with E-state index in [0.717, 1.165) is 11.8 Å². The second kappa shape index (κ2) is 7.87. The van der Waals surface area contributed by atoms with Gasteiger partial charge in [0.1, 0.15) is 0 Å². The normalized spacial score (nSPS) is 11.8. The third kappa shape index (κ3) is 6.94. The zero-order chi connectivity index (χ0) is 14.3. The number of benzene rings is 1. The lowest BCUT2D eigenvalue weighted by Gasteiger charge is -2.10. The van der Waals surface area contributed by atoms with Gasteiger partial charge in [0, 0.05) is 11.0 Å². The highest BCUT2D eigenvalue weighted by molar-refractivity contribution is 9.09. The Balaban J connectivity index is 2.52. The summed E-state index contributed by atoms with van der Waals surface area (Å²) in [7, 11) is -3.34. The van der Waals surface area contributed by atoms with Gasteiger partial charge in [-0.2, -0.15) is 0 Å². The molecule has 0 bridgehead atoms. The minimum absolute atomic E-state index is 0.0334. The number of halogens is 1. The Labute approximate surface area is 123 Å². The van der Waals surface area contributed by atoms with Gasteiger partial charge in [0.25, 0.3) is 0 Å². The molecule has 0 heterocycles. The van der Waals surface area contributed by atoms with Crippen molar-refractivity contribution in [2.45, 2.75) is 26.4 Å². The van der Waals surface area contributed by atoms with Gasteiger partial charge in [-0.3, -0.25) is 4.72 Å². The standard InChI is InChI=1S/C13H20BrNO3S/c1-11(2)18-9-10-19(16,17)15-13-5-3-12(4-6-13)7-8-14/h3-6,11,15H,7-10H2,1-2H3. The maximum Gasteiger partial charge on any atom is 0.234 e. The lowest BCUT2D eigenvalue weighted by atomic mass is 10.2. The molecule has 0 aliphatic rings. The third-order valence-electron chi connectivity index (χ3n) is 2.41. The predicted octanol–water partition coefficient (Wildman–Crippen LogP) is 2.79. The molecule has 1 rings (SSSR count). The van der Waals surface area contributed by atoms with Crippen molar-refractivity contribution in [3.8, 4) is 0 Å². The number of rotatable bonds is 8. The second-order valence-corrected chi connectivity index (χ2v) is 7.11. The van der Waals surface area contributed by atoms with Crippen LogP contribution in [0.1, 0.15) is 19.4 Å². The number of hydrogen-bond donors (Lipinski definition) is 1. The first-order valence-electron chi connectivity index (χ1n) is 6.20. The van der Waals surface area contributed by atoms with Gasteiger partial charge in [-0.05, 0) is 38.0 Å². The number of sulfonamides is 1. The van der Waals surface area contributed by atoms with Crippen LogP contribution in [0, 0.1) is 0 Å². The minimum Gasteiger partial charge on any atom is -0.378 e. The molecular formula is C13H20BrNO3S. The first-order valence-corrected chi connectivity index (χ1v) is 8.97. The summed E-state index contributed by atoms with van der Waals surface area (Å²) in [6.45, 7) is 3.96. The van der Waals surface area contributed by atoms with Gasteiger partial charge < -0.3 is 4.74 Å². The van der Waals surface area contributed by atoms with E-state index in [4.69, 9.17) is 4.74 Å². The number of alkyl halides is 1. The van der Waals surface area contributed by atoms with Gasteiger partial charge >= 0.3 is 0 Å². The molecule has 0 amide bonds. The van der Waals surface area contributed by atoms with E-state index in [1.54, 1.807) is 12.1 Å². The average Bonchev–Trinajstić information content (AvgIpc) is 2.31. The van der Waals surface area contributed by atoms with E-state index in [1.165, 1.54) is 5.56 Å². The third-order valence-corrected chi connectivity index (χ3v) is 4.06. The number of aryl methyl sites for hydroxylation is 1. The summed E-state index contributed by atoms with van der Waals surface area (Å²) >= 11 is 3.37. The molecule has 1 aromatic carbocycles. The van der Waals surface area contributed by atoms with Crippen molar-refractivity contribution in [1.29, 1.82) is 0 Å². The Kier molecular flexibility index (Phi) is 6.82. The summed E-state index contributed by atoms with van der Waals surface area (Å²) < 4.78 is 31.4. The van der Waals surface area contributed by atoms with Gasteiger partial charge in [0.15, 0.2) is 0 Å². The van der Waals surface area contributed by atoms with E-state index in [9.17, 15) is 8.42 Å². The van der Waals surface area contributed by atoms with Crippen molar-refractivity contribution in [2.75, 3.05) is 22.4 Å². The van der Waals surface area contributed by atoms with Crippen LogP contribution in [-0.2, 0) is 21.2 Å².